The Balaban J connectivity index is 2.45. The van der Waals surface area contributed by atoms with E-state index in [1.807, 2.05) is 0 Å². The maximum Gasteiger partial charge on any atom is 0.0964 e. The van der Waals surface area contributed by atoms with E-state index in [-0.39, 0.29) is 12.5 Å². The Morgan fingerprint density at radius 1 is 1.67 bits per heavy atom. The summed E-state index contributed by atoms with van der Waals surface area (Å²) < 4.78 is 5.45. The summed E-state index contributed by atoms with van der Waals surface area (Å²) in [5, 5.41) is 8.76. The summed E-state index contributed by atoms with van der Waals surface area (Å²) in [5.74, 6) is 1.20. The minimum absolute atomic E-state index is 0.183. The van der Waals surface area contributed by atoms with Gasteiger partial charge in [-0.2, -0.15) is 0 Å². The SMILES string of the molecule is NCC(CCO)C1=CCCCO1. The van der Waals surface area contributed by atoms with Gasteiger partial charge in [0.15, 0.2) is 0 Å². The second-order valence-electron chi connectivity index (χ2n) is 3.04. The predicted molar refractivity (Wildman–Crippen MR) is 47.5 cm³/mol. The maximum atomic E-state index is 8.76. The van der Waals surface area contributed by atoms with Gasteiger partial charge >= 0.3 is 0 Å². The smallest absolute Gasteiger partial charge is 0.0964 e. The molecular formula is C9H17NO2. The van der Waals surface area contributed by atoms with Crippen LogP contribution in [0.5, 0.6) is 0 Å². The molecule has 0 radical (unpaired) electrons. The van der Waals surface area contributed by atoms with E-state index in [0.717, 1.165) is 25.2 Å². The molecule has 0 aromatic rings. The Labute approximate surface area is 73.2 Å². The molecule has 0 amide bonds. The molecule has 1 heterocycles. The lowest BCUT2D eigenvalue weighted by Gasteiger charge is -2.21. The maximum absolute atomic E-state index is 8.76. The van der Waals surface area contributed by atoms with E-state index in [9.17, 15) is 0 Å². The van der Waals surface area contributed by atoms with E-state index in [0.29, 0.717) is 13.0 Å². The first-order valence-electron chi connectivity index (χ1n) is 4.52. The molecule has 0 bridgehead atoms. The lowest BCUT2D eigenvalue weighted by atomic mass is 10.0. The zero-order valence-corrected chi connectivity index (χ0v) is 7.33. The van der Waals surface area contributed by atoms with Gasteiger partial charge in [0, 0.05) is 19.1 Å². The van der Waals surface area contributed by atoms with Crippen LogP contribution in [0.15, 0.2) is 11.8 Å². The average Bonchev–Trinajstić information content (AvgIpc) is 2.15. The highest BCUT2D eigenvalue weighted by Gasteiger charge is 2.15. The van der Waals surface area contributed by atoms with Crippen LogP contribution in [-0.2, 0) is 4.74 Å². The minimum atomic E-state index is 0.183. The molecule has 12 heavy (non-hydrogen) atoms. The molecule has 1 unspecified atom stereocenters. The Hall–Kier alpha value is -0.540. The molecule has 0 fully saturated rings. The van der Waals surface area contributed by atoms with Gasteiger partial charge in [-0.25, -0.2) is 0 Å². The molecule has 0 spiro atoms. The second kappa shape index (κ2) is 5.17. The lowest BCUT2D eigenvalue weighted by Crippen LogP contribution is -2.21. The number of aliphatic hydroxyl groups excluding tert-OH is 1. The van der Waals surface area contributed by atoms with Crippen LogP contribution in [0.2, 0.25) is 0 Å². The molecule has 0 saturated heterocycles. The van der Waals surface area contributed by atoms with Gasteiger partial charge in [-0.15, -0.1) is 0 Å². The fourth-order valence-electron chi connectivity index (χ4n) is 1.39. The van der Waals surface area contributed by atoms with Crippen LogP contribution < -0.4 is 5.73 Å². The first-order chi connectivity index (χ1) is 5.88. The van der Waals surface area contributed by atoms with Crippen molar-refractivity contribution in [2.75, 3.05) is 19.8 Å². The third-order valence-electron chi connectivity index (χ3n) is 2.13. The van der Waals surface area contributed by atoms with E-state index in [2.05, 4.69) is 6.08 Å². The summed E-state index contributed by atoms with van der Waals surface area (Å²) >= 11 is 0. The molecule has 1 aliphatic heterocycles. The first kappa shape index (κ1) is 9.55. The van der Waals surface area contributed by atoms with Crippen LogP contribution in [0, 0.1) is 5.92 Å². The Bertz CT molecular complexity index is 157. The van der Waals surface area contributed by atoms with Crippen molar-refractivity contribution in [3.63, 3.8) is 0 Å². The van der Waals surface area contributed by atoms with Crippen molar-refractivity contribution in [1.82, 2.24) is 0 Å². The quantitative estimate of drug-likeness (QED) is 0.652. The van der Waals surface area contributed by atoms with Gasteiger partial charge in [0.2, 0.25) is 0 Å². The van der Waals surface area contributed by atoms with Gasteiger partial charge in [0.25, 0.3) is 0 Å². The first-order valence-corrected chi connectivity index (χ1v) is 4.52. The van der Waals surface area contributed by atoms with Crippen molar-refractivity contribution in [2.45, 2.75) is 19.3 Å². The predicted octanol–water partition coefficient (Wildman–Crippen LogP) is 0.638. The van der Waals surface area contributed by atoms with Crippen molar-refractivity contribution < 1.29 is 9.84 Å². The van der Waals surface area contributed by atoms with E-state index >= 15 is 0 Å². The molecule has 0 aromatic heterocycles. The number of nitrogens with two attached hydrogens (primary N) is 1. The van der Waals surface area contributed by atoms with Gasteiger partial charge in [-0.3, -0.25) is 0 Å². The van der Waals surface area contributed by atoms with Crippen LogP contribution in [0.4, 0.5) is 0 Å². The molecule has 0 aliphatic carbocycles. The number of hydrogen-bond donors (Lipinski definition) is 2. The van der Waals surface area contributed by atoms with Crippen LogP contribution >= 0.6 is 0 Å². The molecule has 70 valence electrons. The summed E-state index contributed by atoms with van der Waals surface area (Å²) in [4.78, 5) is 0. The number of allylic oxidation sites excluding steroid dienone is 1. The topological polar surface area (TPSA) is 55.5 Å². The van der Waals surface area contributed by atoms with Crippen molar-refractivity contribution in [1.29, 1.82) is 0 Å². The summed E-state index contributed by atoms with van der Waals surface area (Å²) in [6.45, 7) is 1.54. The monoisotopic (exact) mass is 171 g/mol. The zero-order chi connectivity index (χ0) is 8.81. The van der Waals surface area contributed by atoms with Gasteiger partial charge in [-0.1, -0.05) is 0 Å². The molecule has 0 aromatic carbocycles. The lowest BCUT2D eigenvalue weighted by molar-refractivity contribution is 0.147. The van der Waals surface area contributed by atoms with Crippen molar-refractivity contribution >= 4 is 0 Å². The molecule has 1 rings (SSSR count). The van der Waals surface area contributed by atoms with Crippen molar-refractivity contribution in [2.24, 2.45) is 11.7 Å². The summed E-state index contributed by atoms with van der Waals surface area (Å²) in [6.07, 6.45) is 4.98. The molecule has 3 heteroatoms. The van der Waals surface area contributed by atoms with Crippen molar-refractivity contribution in [3.05, 3.63) is 11.8 Å². The largest absolute Gasteiger partial charge is 0.498 e. The highest BCUT2D eigenvalue weighted by Crippen LogP contribution is 2.20. The molecule has 3 nitrogen and oxygen atoms in total. The number of hydrogen-bond acceptors (Lipinski definition) is 3. The van der Waals surface area contributed by atoms with Crippen LogP contribution in [-0.4, -0.2) is 24.9 Å². The molecule has 3 N–H and O–H groups in total. The molecule has 1 atom stereocenters. The van der Waals surface area contributed by atoms with Crippen LogP contribution in [0.25, 0.3) is 0 Å². The fourth-order valence-corrected chi connectivity index (χ4v) is 1.39. The molecular weight excluding hydrogens is 154 g/mol. The number of ether oxygens (including phenoxy) is 1. The fraction of sp³-hybridized carbons (Fsp3) is 0.778. The van der Waals surface area contributed by atoms with Crippen LogP contribution in [0.3, 0.4) is 0 Å². The standard InChI is InChI=1S/C9H17NO2/c10-7-8(4-5-11)9-3-1-2-6-12-9/h3,8,11H,1-2,4-7,10H2. The number of aliphatic hydroxyl groups is 1. The zero-order valence-electron chi connectivity index (χ0n) is 7.33. The van der Waals surface area contributed by atoms with Crippen molar-refractivity contribution in [3.8, 4) is 0 Å². The normalized spacial score (nSPS) is 19.7. The van der Waals surface area contributed by atoms with Gasteiger partial charge in [-0.05, 0) is 25.3 Å². The van der Waals surface area contributed by atoms with E-state index in [1.54, 1.807) is 0 Å². The molecule has 0 saturated carbocycles. The highest BCUT2D eigenvalue weighted by atomic mass is 16.5. The van der Waals surface area contributed by atoms with E-state index in [4.69, 9.17) is 15.6 Å². The third kappa shape index (κ3) is 2.50. The average molecular weight is 171 g/mol. The summed E-state index contributed by atoms with van der Waals surface area (Å²) in [7, 11) is 0. The Morgan fingerprint density at radius 3 is 3.00 bits per heavy atom. The molecule has 1 aliphatic rings. The second-order valence-corrected chi connectivity index (χ2v) is 3.04. The van der Waals surface area contributed by atoms with Gasteiger partial charge < -0.3 is 15.6 Å². The third-order valence-corrected chi connectivity index (χ3v) is 2.13. The van der Waals surface area contributed by atoms with E-state index < -0.39 is 0 Å². The Kier molecular flexibility index (Phi) is 4.11. The highest BCUT2D eigenvalue weighted by molar-refractivity contribution is 5.01. The van der Waals surface area contributed by atoms with Crippen LogP contribution in [0.1, 0.15) is 19.3 Å². The van der Waals surface area contributed by atoms with Gasteiger partial charge in [0.05, 0.1) is 12.4 Å². The summed E-state index contributed by atoms with van der Waals surface area (Å²) in [6, 6.07) is 0. The minimum Gasteiger partial charge on any atom is -0.498 e. The van der Waals surface area contributed by atoms with E-state index in [1.165, 1.54) is 0 Å². The van der Waals surface area contributed by atoms with Gasteiger partial charge in [0.1, 0.15) is 0 Å². The number of rotatable bonds is 4. The summed E-state index contributed by atoms with van der Waals surface area (Å²) in [5.41, 5.74) is 5.56. The Morgan fingerprint density at radius 2 is 2.50 bits per heavy atom.